The summed E-state index contributed by atoms with van der Waals surface area (Å²) in [6.07, 6.45) is 1.83. The molecule has 0 spiro atoms. The van der Waals surface area contributed by atoms with Gasteiger partial charge in [-0.1, -0.05) is 24.3 Å². The molecule has 2 atom stereocenters. The number of halogens is 1. The average Bonchev–Trinajstić information content (AvgIpc) is 3.21. The van der Waals surface area contributed by atoms with Gasteiger partial charge >= 0.3 is 5.97 Å². The molecule has 1 N–H and O–H groups in total. The van der Waals surface area contributed by atoms with Gasteiger partial charge in [-0.05, 0) is 107 Å². The first-order valence-electron chi connectivity index (χ1n) is 14.8. The van der Waals surface area contributed by atoms with E-state index in [1.54, 1.807) is 13.2 Å². The highest BCUT2D eigenvalue weighted by Gasteiger charge is 2.37. The molecule has 224 valence electrons. The van der Waals surface area contributed by atoms with E-state index in [0.29, 0.717) is 25.9 Å². The van der Waals surface area contributed by atoms with Gasteiger partial charge < -0.3 is 24.4 Å². The molecule has 2 aliphatic heterocycles. The minimum absolute atomic E-state index is 0.154. The third kappa shape index (κ3) is 6.93. The summed E-state index contributed by atoms with van der Waals surface area (Å²) < 4.78 is 32.7. The quantitative estimate of drug-likeness (QED) is 0.365. The minimum Gasteiger partial charge on any atom is -0.488 e. The molecule has 1 aromatic heterocycles. The number of carbonyl (C=O) groups excluding carboxylic acids is 1. The zero-order valence-corrected chi connectivity index (χ0v) is 25.3. The van der Waals surface area contributed by atoms with Crippen LogP contribution in [-0.2, 0) is 33.7 Å². The van der Waals surface area contributed by atoms with E-state index in [-0.39, 0.29) is 30.4 Å². The number of hydrogen-bond acceptors (Lipinski definition) is 7. The zero-order chi connectivity index (χ0) is 29.9. The Labute approximate surface area is 248 Å². The SMILES string of the molecule is CO[C@@H]1CN(c2cccc(-c3cccc(C)c3OCc3cc(F)c4c(c3)CCNCC4)n2)CC[C@@H]1C(=O)OC(C)(C)C. The number of nitrogens with one attached hydrogen (secondary N) is 1. The van der Waals surface area contributed by atoms with E-state index >= 15 is 0 Å². The lowest BCUT2D eigenvalue weighted by Crippen LogP contribution is -2.49. The van der Waals surface area contributed by atoms with E-state index in [1.165, 1.54) is 0 Å². The van der Waals surface area contributed by atoms with Gasteiger partial charge in [0.1, 0.15) is 29.6 Å². The highest BCUT2D eigenvalue weighted by molar-refractivity contribution is 5.74. The summed E-state index contributed by atoms with van der Waals surface area (Å²) in [6.45, 7) is 10.8. The lowest BCUT2D eigenvalue weighted by molar-refractivity contribution is -0.165. The van der Waals surface area contributed by atoms with E-state index in [9.17, 15) is 9.18 Å². The van der Waals surface area contributed by atoms with Crippen LogP contribution in [0.25, 0.3) is 11.3 Å². The van der Waals surface area contributed by atoms with E-state index in [1.807, 2.05) is 64.1 Å². The summed E-state index contributed by atoms with van der Waals surface area (Å²) in [5.41, 5.74) is 4.80. The molecule has 0 unspecified atom stereocenters. The maximum absolute atomic E-state index is 14.9. The molecule has 3 heterocycles. The summed E-state index contributed by atoms with van der Waals surface area (Å²) in [5.74, 6) is 0.852. The molecule has 1 saturated heterocycles. The largest absolute Gasteiger partial charge is 0.488 e. The third-order valence-corrected chi connectivity index (χ3v) is 7.97. The highest BCUT2D eigenvalue weighted by Crippen LogP contribution is 2.35. The number of methoxy groups -OCH3 is 1. The standard InChI is InChI=1S/C34H42FN3O4/c1-22-8-6-9-26(32(22)41-21-23-18-24-12-15-36-16-13-25(24)28(35)19-23)29-10-7-11-31(37-29)38-17-14-27(30(20-38)40-5)33(39)42-34(2,3)4/h6-11,18-19,27,30,36H,12-17,20-21H2,1-5H3/t27-,30+/m0/s1. The second-order valence-corrected chi connectivity index (χ2v) is 12.2. The number of hydrogen-bond donors (Lipinski definition) is 1. The number of nitrogens with zero attached hydrogens (tertiary/aromatic N) is 2. The first-order chi connectivity index (χ1) is 20.1. The van der Waals surface area contributed by atoms with Crippen molar-refractivity contribution in [2.75, 3.05) is 38.2 Å². The number of carbonyl (C=O) groups is 1. The topological polar surface area (TPSA) is 72.9 Å². The Bertz CT molecular complexity index is 1420. The molecule has 42 heavy (non-hydrogen) atoms. The van der Waals surface area contributed by atoms with Gasteiger partial charge in [0, 0.05) is 25.8 Å². The third-order valence-electron chi connectivity index (χ3n) is 7.97. The van der Waals surface area contributed by atoms with Crippen LogP contribution in [0.15, 0.2) is 48.5 Å². The molecule has 0 radical (unpaired) electrons. The Kier molecular flexibility index (Phi) is 9.13. The Morgan fingerprint density at radius 3 is 2.69 bits per heavy atom. The summed E-state index contributed by atoms with van der Waals surface area (Å²) in [4.78, 5) is 20.0. The van der Waals surface area contributed by atoms with Crippen LogP contribution in [-0.4, -0.2) is 55.9 Å². The molecule has 0 bridgehead atoms. The maximum Gasteiger partial charge on any atom is 0.312 e. The van der Waals surface area contributed by atoms with Crippen LogP contribution >= 0.6 is 0 Å². The second-order valence-electron chi connectivity index (χ2n) is 12.2. The number of para-hydroxylation sites is 1. The van der Waals surface area contributed by atoms with Crippen molar-refractivity contribution in [3.63, 3.8) is 0 Å². The van der Waals surface area contributed by atoms with Crippen LogP contribution in [0.3, 0.4) is 0 Å². The lowest BCUT2D eigenvalue weighted by Gasteiger charge is -2.38. The average molecular weight is 576 g/mol. The molecule has 2 aromatic carbocycles. The molecule has 2 aliphatic rings. The van der Waals surface area contributed by atoms with Gasteiger partial charge in [0.05, 0.1) is 17.7 Å². The fraction of sp³-hybridized carbons (Fsp3) is 0.471. The number of pyridine rings is 1. The van der Waals surface area contributed by atoms with E-state index in [2.05, 4.69) is 16.3 Å². The summed E-state index contributed by atoms with van der Waals surface area (Å²) in [5, 5.41) is 3.34. The van der Waals surface area contributed by atoms with Gasteiger partial charge in [-0.25, -0.2) is 9.37 Å². The minimum atomic E-state index is -0.541. The molecule has 0 aliphatic carbocycles. The van der Waals surface area contributed by atoms with Crippen LogP contribution in [0, 0.1) is 18.7 Å². The predicted octanol–water partition coefficient (Wildman–Crippen LogP) is 5.65. The number of piperidine rings is 1. The van der Waals surface area contributed by atoms with Crippen LogP contribution in [0.5, 0.6) is 5.75 Å². The first-order valence-corrected chi connectivity index (χ1v) is 14.8. The maximum atomic E-state index is 14.9. The second kappa shape index (κ2) is 12.8. The Morgan fingerprint density at radius 2 is 1.90 bits per heavy atom. The van der Waals surface area contributed by atoms with E-state index < -0.39 is 5.60 Å². The summed E-state index contributed by atoms with van der Waals surface area (Å²) in [6, 6.07) is 15.6. The van der Waals surface area contributed by atoms with Crippen molar-refractivity contribution in [2.24, 2.45) is 5.92 Å². The van der Waals surface area contributed by atoms with Crippen LogP contribution in [0.2, 0.25) is 0 Å². The molecular weight excluding hydrogens is 533 g/mol. The molecule has 8 heteroatoms. The lowest BCUT2D eigenvalue weighted by atomic mass is 9.93. The summed E-state index contributed by atoms with van der Waals surface area (Å²) >= 11 is 0. The van der Waals surface area contributed by atoms with Crippen molar-refractivity contribution >= 4 is 11.8 Å². The Morgan fingerprint density at radius 1 is 1.12 bits per heavy atom. The number of aromatic nitrogens is 1. The number of ether oxygens (including phenoxy) is 3. The first kappa shape index (κ1) is 30.0. The van der Waals surface area contributed by atoms with E-state index in [0.717, 1.165) is 64.6 Å². The molecule has 0 amide bonds. The van der Waals surface area contributed by atoms with Crippen LogP contribution in [0.4, 0.5) is 10.2 Å². The summed E-state index contributed by atoms with van der Waals surface area (Å²) in [7, 11) is 1.64. The molecule has 7 nitrogen and oxygen atoms in total. The zero-order valence-electron chi connectivity index (χ0n) is 25.3. The van der Waals surface area contributed by atoms with Crippen molar-refractivity contribution in [1.82, 2.24) is 10.3 Å². The Balaban J connectivity index is 1.34. The number of anilines is 1. The molecule has 3 aromatic rings. The fourth-order valence-corrected chi connectivity index (χ4v) is 5.86. The van der Waals surface area contributed by atoms with Crippen LogP contribution < -0.4 is 15.0 Å². The normalized spacial score (nSPS) is 19.1. The predicted molar refractivity (Wildman–Crippen MR) is 162 cm³/mol. The van der Waals surface area contributed by atoms with Gasteiger partial charge in [0.15, 0.2) is 0 Å². The van der Waals surface area contributed by atoms with E-state index in [4.69, 9.17) is 19.2 Å². The number of fused-ring (bicyclic) bond motifs is 1. The van der Waals surface area contributed by atoms with Gasteiger partial charge in [0.25, 0.3) is 0 Å². The highest BCUT2D eigenvalue weighted by atomic mass is 19.1. The Hall–Kier alpha value is -3.49. The van der Waals surface area contributed by atoms with Gasteiger partial charge in [0.2, 0.25) is 0 Å². The molecule has 1 fully saturated rings. The van der Waals surface area contributed by atoms with Crippen molar-refractivity contribution in [3.05, 3.63) is 76.6 Å². The molecule has 5 rings (SSSR count). The van der Waals surface area contributed by atoms with Crippen molar-refractivity contribution in [1.29, 1.82) is 0 Å². The van der Waals surface area contributed by atoms with Crippen molar-refractivity contribution < 1.29 is 23.4 Å². The number of esters is 1. The molecule has 0 saturated carbocycles. The van der Waals surface area contributed by atoms with Crippen molar-refractivity contribution in [3.8, 4) is 17.0 Å². The fourth-order valence-electron chi connectivity index (χ4n) is 5.86. The molecular formula is C34H42FN3O4. The monoisotopic (exact) mass is 575 g/mol. The number of rotatable bonds is 7. The van der Waals surface area contributed by atoms with Crippen molar-refractivity contribution in [2.45, 2.75) is 65.3 Å². The number of aryl methyl sites for hydroxylation is 1. The number of benzene rings is 2. The van der Waals surface area contributed by atoms with Gasteiger partial charge in [-0.3, -0.25) is 4.79 Å². The van der Waals surface area contributed by atoms with Crippen LogP contribution in [0.1, 0.15) is 49.4 Å². The van der Waals surface area contributed by atoms with Gasteiger partial charge in [-0.2, -0.15) is 0 Å². The smallest absolute Gasteiger partial charge is 0.312 e. The van der Waals surface area contributed by atoms with Gasteiger partial charge in [-0.15, -0.1) is 0 Å².